The summed E-state index contributed by atoms with van der Waals surface area (Å²) in [5.74, 6) is -1.40. The third-order valence-electron chi connectivity index (χ3n) is 7.57. The van der Waals surface area contributed by atoms with Crippen LogP contribution >= 0.6 is 11.6 Å². The number of benzene rings is 1. The van der Waals surface area contributed by atoms with Crippen molar-refractivity contribution in [2.24, 2.45) is 11.1 Å². The minimum absolute atomic E-state index is 0.00333. The van der Waals surface area contributed by atoms with E-state index in [0.717, 1.165) is 44.6 Å². The summed E-state index contributed by atoms with van der Waals surface area (Å²) in [6.07, 6.45) is 5.28. The van der Waals surface area contributed by atoms with Crippen molar-refractivity contribution in [3.8, 4) is 0 Å². The van der Waals surface area contributed by atoms with Gasteiger partial charge in [0.15, 0.2) is 0 Å². The van der Waals surface area contributed by atoms with Crippen molar-refractivity contribution in [1.82, 2.24) is 10.2 Å². The van der Waals surface area contributed by atoms with E-state index in [9.17, 15) is 19.1 Å². The third-order valence-corrected chi connectivity index (χ3v) is 7.86. The molecular formula is C23H30ClFN5O3+. The number of primary amides is 1. The van der Waals surface area contributed by atoms with Gasteiger partial charge < -0.3 is 26.4 Å². The van der Waals surface area contributed by atoms with Gasteiger partial charge in [0.05, 0.1) is 30.4 Å². The SMILES string of the molecule is N=C(/C(C(N)=O)=C1/CN(C(=O)NC23CCC(CO)(CC2)CC3)CC[NH2+]1)c1ccc(F)c(Cl)c1. The van der Waals surface area contributed by atoms with Crippen LogP contribution in [-0.4, -0.2) is 59.4 Å². The summed E-state index contributed by atoms with van der Waals surface area (Å²) in [6.45, 7) is 1.37. The molecule has 0 radical (unpaired) electrons. The molecule has 178 valence electrons. The molecule has 7 N–H and O–H groups in total. The minimum atomic E-state index is -0.785. The maximum absolute atomic E-state index is 13.5. The third kappa shape index (κ3) is 4.62. The molecule has 0 spiro atoms. The van der Waals surface area contributed by atoms with E-state index in [0.29, 0.717) is 18.8 Å². The first-order valence-electron chi connectivity index (χ1n) is 11.3. The fourth-order valence-corrected chi connectivity index (χ4v) is 5.51. The van der Waals surface area contributed by atoms with Crippen LogP contribution in [0.2, 0.25) is 5.02 Å². The molecular weight excluding hydrogens is 449 g/mol. The van der Waals surface area contributed by atoms with Crippen LogP contribution in [0.1, 0.15) is 44.1 Å². The smallest absolute Gasteiger partial charge is 0.318 e. The lowest BCUT2D eigenvalue weighted by atomic mass is 9.57. The molecule has 3 aliphatic carbocycles. The zero-order valence-electron chi connectivity index (χ0n) is 18.4. The van der Waals surface area contributed by atoms with Gasteiger partial charge in [-0.25, -0.2) is 9.18 Å². The number of aliphatic hydroxyl groups excluding tert-OH is 1. The number of piperazine rings is 1. The Balaban J connectivity index is 1.51. The van der Waals surface area contributed by atoms with E-state index in [1.165, 1.54) is 12.1 Å². The highest BCUT2D eigenvalue weighted by atomic mass is 35.5. The van der Waals surface area contributed by atoms with Gasteiger partial charge in [0.1, 0.15) is 17.1 Å². The second-order valence-corrected chi connectivity index (χ2v) is 9.96. The number of aliphatic hydroxyl groups is 1. The number of rotatable bonds is 5. The Kier molecular flexibility index (Phi) is 6.48. The van der Waals surface area contributed by atoms with Crippen molar-refractivity contribution < 1.29 is 24.4 Å². The molecule has 1 aliphatic heterocycles. The number of nitrogens with one attached hydrogen (secondary N) is 2. The molecule has 0 aromatic heterocycles. The molecule has 0 unspecified atom stereocenters. The molecule has 4 fully saturated rings. The number of halogens is 2. The van der Waals surface area contributed by atoms with Gasteiger partial charge in [-0.05, 0) is 62.1 Å². The molecule has 10 heteroatoms. The number of quaternary nitrogens is 1. The highest BCUT2D eigenvalue weighted by Crippen LogP contribution is 2.52. The molecule has 1 heterocycles. The second kappa shape index (κ2) is 9.04. The summed E-state index contributed by atoms with van der Waals surface area (Å²) >= 11 is 5.85. The summed E-state index contributed by atoms with van der Waals surface area (Å²) in [5.41, 5.74) is 5.99. The second-order valence-electron chi connectivity index (χ2n) is 9.55. The standard InChI is InChI=1S/C23H29ClFN5O3/c24-15-11-14(1-2-16(15)25)19(26)18(20(27)32)17-12-30(10-9-28-17)21(33)29-23-6-3-22(13-31,4-7-23)5-8-23/h1-2,11,26,28,31H,3-10,12-13H2,(H2,27,32)(H,29,33)/p+1/b18-17+,26-19?. The Morgan fingerprint density at radius 2 is 1.91 bits per heavy atom. The number of nitrogens with zero attached hydrogens (tertiary/aromatic N) is 1. The Morgan fingerprint density at radius 1 is 1.24 bits per heavy atom. The van der Waals surface area contributed by atoms with E-state index in [1.54, 1.807) is 4.90 Å². The van der Waals surface area contributed by atoms with E-state index < -0.39 is 11.7 Å². The average molecular weight is 479 g/mol. The van der Waals surface area contributed by atoms with Gasteiger partial charge in [0.2, 0.25) is 0 Å². The Bertz CT molecular complexity index is 1000. The molecule has 1 aromatic carbocycles. The number of nitrogens with two attached hydrogens (primary N) is 2. The zero-order chi connectivity index (χ0) is 23.8. The normalized spacial score (nSPS) is 28.4. The fourth-order valence-electron chi connectivity index (χ4n) is 5.33. The summed E-state index contributed by atoms with van der Waals surface area (Å²) in [5, 5.41) is 23.1. The van der Waals surface area contributed by atoms with Crippen LogP contribution in [0.5, 0.6) is 0 Å². The van der Waals surface area contributed by atoms with Gasteiger partial charge in [0.25, 0.3) is 5.91 Å². The van der Waals surface area contributed by atoms with E-state index in [-0.39, 0.29) is 52.0 Å². The van der Waals surface area contributed by atoms with Crippen molar-refractivity contribution in [3.63, 3.8) is 0 Å². The van der Waals surface area contributed by atoms with Gasteiger partial charge >= 0.3 is 6.03 Å². The quantitative estimate of drug-likeness (QED) is 0.322. The van der Waals surface area contributed by atoms with Crippen LogP contribution in [0.3, 0.4) is 0 Å². The first-order chi connectivity index (χ1) is 15.7. The number of carbonyl (C=O) groups excluding carboxylic acids is 2. The van der Waals surface area contributed by atoms with Gasteiger partial charge in [-0.2, -0.15) is 0 Å². The van der Waals surface area contributed by atoms with E-state index >= 15 is 0 Å². The van der Waals surface area contributed by atoms with Crippen LogP contribution in [-0.2, 0) is 4.79 Å². The monoisotopic (exact) mass is 478 g/mol. The summed E-state index contributed by atoms with van der Waals surface area (Å²) in [4.78, 5) is 27.1. The number of urea groups is 1. The fraction of sp³-hybridized carbons (Fsp3) is 0.522. The van der Waals surface area contributed by atoms with Crippen molar-refractivity contribution in [2.45, 2.75) is 44.1 Å². The zero-order valence-corrected chi connectivity index (χ0v) is 19.2. The summed E-state index contributed by atoms with van der Waals surface area (Å²) in [6, 6.07) is 3.60. The van der Waals surface area contributed by atoms with Crippen LogP contribution in [0.15, 0.2) is 29.5 Å². The molecule has 33 heavy (non-hydrogen) atoms. The highest BCUT2D eigenvalue weighted by molar-refractivity contribution is 6.32. The lowest BCUT2D eigenvalue weighted by molar-refractivity contribution is -0.615. The maximum Gasteiger partial charge on any atom is 0.318 e. The molecule has 4 aliphatic rings. The summed E-state index contributed by atoms with van der Waals surface area (Å²) in [7, 11) is 0. The number of hydrogen-bond donors (Lipinski definition) is 5. The van der Waals surface area contributed by atoms with Crippen molar-refractivity contribution in [3.05, 3.63) is 45.9 Å². The van der Waals surface area contributed by atoms with Gasteiger partial charge in [-0.1, -0.05) is 11.6 Å². The predicted octanol–water partition coefficient (Wildman–Crippen LogP) is 1.26. The molecule has 0 atom stereocenters. The predicted molar refractivity (Wildman–Crippen MR) is 121 cm³/mol. The largest absolute Gasteiger partial charge is 0.396 e. The molecule has 3 amide bonds. The number of hydrogen-bond acceptors (Lipinski definition) is 4. The topological polar surface area (TPSA) is 136 Å². The first kappa shape index (κ1) is 23.7. The lowest BCUT2D eigenvalue weighted by Gasteiger charge is -2.53. The average Bonchev–Trinajstić information content (AvgIpc) is 2.82. The van der Waals surface area contributed by atoms with Gasteiger partial charge in [0, 0.05) is 17.7 Å². The number of fused-ring (bicyclic) bond motifs is 3. The molecule has 5 rings (SSSR count). The van der Waals surface area contributed by atoms with E-state index in [1.807, 2.05) is 5.32 Å². The Labute approximate surface area is 196 Å². The first-order valence-corrected chi connectivity index (χ1v) is 11.6. The van der Waals surface area contributed by atoms with Crippen LogP contribution in [0, 0.1) is 16.6 Å². The molecule has 3 saturated carbocycles. The lowest BCUT2D eigenvalue weighted by Crippen LogP contribution is -2.88. The molecule has 1 aromatic rings. The molecule has 1 saturated heterocycles. The summed E-state index contributed by atoms with van der Waals surface area (Å²) < 4.78 is 13.5. The highest BCUT2D eigenvalue weighted by Gasteiger charge is 2.49. The minimum Gasteiger partial charge on any atom is -0.396 e. The van der Waals surface area contributed by atoms with Crippen molar-refractivity contribution in [2.75, 3.05) is 26.2 Å². The van der Waals surface area contributed by atoms with Gasteiger partial charge in [-0.15, -0.1) is 0 Å². The van der Waals surface area contributed by atoms with Crippen LogP contribution in [0.25, 0.3) is 0 Å². The van der Waals surface area contributed by atoms with E-state index in [2.05, 4.69) is 5.32 Å². The number of amides is 3. The number of carbonyl (C=O) groups is 2. The van der Waals surface area contributed by atoms with Crippen molar-refractivity contribution in [1.29, 1.82) is 5.41 Å². The molecule has 8 nitrogen and oxygen atoms in total. The Hall–Kier alpha value is -2.49. The Morgan fingerprint density at radius 3 is 2.48 bits per heavy atom. The molecule has 2 bridgehead atoms. The van der Waals surface area contributed by atoms with E-state index in [4.69, 9.17) is 22.7 Å². The maximum atomic E-state index is 13.5. The van der Waals surface area contributed by atoms with Crippen LogP contribution in [0.4, 0.5) is 9.18 Å². The van der Waals surface area contributed by atoms with Gasteiger partial charge in [-0.3, -0.25) is 10.2 Å². The van der Waals surface area contributed by atoms with Crippen molar-refractivity contribution >= 4 is 29.3 Å². The van der Waals surface area contributed by atoms with Crippen LogP contribution < -0.4 is 16.4 Å².